The summed E-state index contributed by atoms with van der Waals surface area (Å²) in [5, 5.41) is 12.0. The van der Waals surface area contributed by atoms with E-state index in [9.17, 15) is 4.79 Å². The van der Waals surface area contributed by atoms with Gasteiger partial charge in [-0.25, -0.2) is 0 Å². The number of anilines is 1. The molecule has 0 radical (unpaired) electrons. The highest BCUT2D eigenvalue weighted by Gasteiger charge is 2.13. The Hall–Kier alpha value is -2.67. The van der Waals surface area contributed by atoms with E-state index in [0.717, 1.165) is 23.5 Å². The number of amides is 1. The normalized spacial score (nSPS) is 12.0. The van der Waals surface area contributed by atoms with Gasteiger partial charge in [-0.1, -0.05) is 37.7 Å². The molecule has 1 atom stereocenters. The van der Waals surface area contributed by atoms with Crippen molar-refractivity contribution in [3.63, 3.8) is 0 Å². The largest absolute Gasteiger partial charge is 0.325 e. The van der Waals surface area contributed by atoms with Crippen LogP contribution in [0.5, 0.6) is 0 Å². The smallest absolute Gasteiger partial charge is 0.234 e. The van der Waals surface area contributed by atoms with E-state index in [4.69, 9.17) is 0 Å². The van der Waals surface area contributed by atoms with Crippen molar-refractivity contribution in [1.29, 1.82) is 0 Å². The minimum absolute atomic E-state index is 0.0674. The zero-order chi connectivity index (χ0) is 19.2. The standard InChI is InChI=1S/C20H23N5OS/c1-4-14(2)15-7-9-17(10-8-15)22-18(26)13-27-20-24-23-19(25(20)3)16-6-5-11-21-12-16/h5-12,14H,4,13H2,1-3H3,(H,22,26)/t14-/m0/s1. The van der Waals surface area contributed by atoms with Crippen molar-refractivity contribution in [2.45, 2.75) is 31.3 Å². The van der Waals surface area contributed by atoms with Gasteiger partial charge < -0.3 is 9.88 Å². The van der Waals surface area contributed by atoms with Crippen molar-refractivity contribution in [2.24, 2.45) is 7.05 Å². The highest BCUT2D eigenvalue weighted by atomic mass is 32.2. The van der Waals surface area contributed by atoms with Crippen LogP contribution in [0.15, 0.2) is 53.9 Å². The van der Waals surface area contributed by atoms with E-state index < -0.39 is 0 Å². The number of hydrogen-bond acceptors (Lipinski definition) is 5. The molecule has 7 heteroatoms. The average Bonchev–Trinajstić information content (AvgIpc) is 3.07. The Kier molecular flexibility index (Phi) is 6.24. The van der Waals surface area contributed by atoms with Crippen LogP contribution in [-0.4, -0.2) is 31.4 Å². The lowest BCUT2D eigenvalue weighted by molar-refractivity contribution is -0.113. The molecule has 0 saturated heterocycles. The van der Waals surface area contributed by atoms with Crippen molar-refractivity contribution in [3.8, 4) is 11.4 Å². The average molecular weight is 382 g/mol. The number of nitrogens with one attached hydrogen (secondary N) is 1. The number of rotatable bonds is 7. The molecule has 1 amide bonds. The highest BCUT2D eigenvalue weighted by Crippen LogP contribution is 2.23. The van der Waals surface area contributed by atoms with E-state index >= 15 is 0 Å². The maximum Gasteiger partial charge on any atom is 0.234 e. The molecule has 3 rings (SSSR count). The Morgan fingerprint density at radius 3 is 2.67 bits per heavy atom. The van der Waals surface area contributed by atoms with Crippen molar-refractivity contribution < 1.29 is 4.79 Å². The van der Waals surface area contributed by atoms with Crippen molar-refractivity contribution in [2.75, 3.05) is 11.1 Å². The van der Waals surface area contributed by atoms with E-state index in [1.165, 1.54) is 17.3 Å². The number of aromatic nitrogens is 4. The minimum Gasteiger partial charge on any atom is -0.325 e. The summed E-state index contributed by atoms with van der Waals surface area (Å²) in [5.41, 5.74) is 2.98. The molecule has 2 heterocycles. The molecule has 27 heavy (non-hydrogen) atoms. The van der Waals surface area contributed by atoms with Crippen LogP contribution >= 0.6 is 11.8 Å². The summed E-state index contributed by atoms with van der Waals surface area (Å²) in [6, 6.07) is 11.8. The molecule has 3 aromatic rings. The Morgan fingerprint density at radius 2 is 2.00 bits per heavy atom. The number of carbonyl (C=O) groups excluding carboxylic acids is 1. The van der Waals surface area contributed by atoms with Gasteiger partial charge >= 0.3 is 0 Å². The maximum absolute atomic E-state index is 12.2. The second kappa shape index (κ2) is 8.81. The summed E-state index contributed by atoms with van der Waals surface area (Å²) in [4.78, 5) is 16.4. The summed E-state index contributed by atoms with van der Waals surface area (Å²) in [5.74, 6) is 1.45. The quantitative estimate of drug-likeness (QED) is 0.623. The van der Waals surface area contributed by atoms with Gasteiger partial charge in [-0.05, 0) is 42.2 Å². The zero-order valence-corrected chi connectivity index (χ0v) is 16.5. The van der Waals surface area contributed by atoms with Crippen molar-refractivity contribution >= 4 is 23.4 Å². The first-order valence-electron chi connectivity index (χ1n) is 8.91. The molecule has 0 fully saturated rings. The highest BCUT2D eigenvalue weighted by molar-refractivity contribution is 7.99. The summed E-state index contributed by atoms with van der Waals surface area (Å²) in [7, 11) is 1.89. The topological polar surface area (TPSA) is 72.7 Å². The third kappa shape index (κ3) is 4.74. The summed E-state index contributed by atoms with van der Waals surface area (Å²) in [6.07, 6.45) is 4.56. The molecular weight excluding hydrogens is 358 g/mol. The molecule has 0 spiro atoms. The molecule has 0 aliphatic carbocycles. The first kappa shape index (κ1) is 19.1. The number of benzene rings is 1. The molecule has 1 aromatic carbocycles. The van der Waals surface area contributed by atoms with Gasteiger partial charge in [0.05, 0.1) is 5.75 Å². The summed E-state index contributed by atoms with van der Waals surface area (Å²) < 4.78 is 1.87. The monoisotopic (exact) mass is 381 g/mol. The van der Waals surface area contributed by atoms with Crippen LogP contribution in [0.1, 0.15) is 31.7 Å². The van der Waals surface area contributed by atoms with Gasteiger partial charge in [-0.3, -0.25) is 9.78 Å². The van der Waals surface area contributed by atoms with Crippen LogP contribution in [0.2, 0.25) is 0 Å². The molecule has 2 aromatic heterocycles. The van der Waals surface area contributed by atoms with Gasteiger partial charge in [-0.2, -0.15) is 0 Å². The molecule has 1 N–H and O–H groups in total. The van der Waals surface area contributed by atoms with Gasteiger partial charge in [-0.15, -0.1) is 10.2 Å². The third-order valence-corrected chi connectivity index (χ3v) is 5.48. The Labute approximate surface area is 163 Å². The molecule has 0 bridgehead atoms. The van der Waals surface area contributed by atoms with Gasteiger partial charge in [0.25, 0.3) is 0 Å². The zero-order valence-electron chi connectivity index (χ0n) is 15.7. The molecule has 140 valence electrons. The van der Waals surface area contributed by atoms with Crippen LogP contribution in [0.3, 0.4) is 0 Å². The van der Waals surface area contributed by atoms with E-state index in [-0.39, 0.29) is 11.7 Å². The molecule has 0 unspecified atom stereocenters. The number of pyridine rings is 1. The molecular formula is C20H23N5OS. The van der Waals surface area contributed by atoms with E-state index in [0.29, 0.717) is 11.1 Å². The van der Waals surface area contributed by atoms with Gasteiger partial charge in [0, 0.05) is 30.7 Å². The van der Waals surface area contributed by atoms with Crippen LogP contribution in [0.4, 0.5) is 5.69 Å². The van der Waals surface area contributed by atoms with Crippen LogP contribution < -0.4 is 5.32 Å². The maximum atomic E-state index is 12.2. The fourth-order valence-corrected chi connectivity index (χ4v) is 3.36. The van der Waals surface area contributed by atoms with Crippen LogP contribution in [-0.2, 0) is 11.8 Å². The first-order valence-corrected chi connectivity index (χ1v) is 9.89. The number of carbonyl (C=O) groups is 1. The molecule has 0 saturated carbocycles. The van der Waals surface area contributed by atoms with E-state index in [1.807, 2.05) is 35.9 Å². The Bertz CT molecular complexity index is 892. The Balaban J connectivity index is 1.57. The Morgan fingerprint density at radius 1 is 1.22 bits per heavy atom. The summed E-state index contributed by atoms with van der Waals surface area (Å²) >= 11 is 1.36. The fraction of sp³-hybridized carbons (Fsp3) is 0.300. The number of thioether (sulfide) groups is 1. The van der Waals surface area contributed by atoms with Crippen LogP contribution in [0, 0.1) is 0 Å². The molecule has 0 aliphatic heterocycles. The predicted octanol–water partition coefficient (Wildman–Crippen LogP) is 4.12. The van der Waals surface area contributed by atoms with Gasteiger partial charge in [0.2, 0.25) is 5.91 Å². The lowest BCUT2D eigenvalue weighted by Crippen LogP contribution is -2.14. The van der Waals surface area contributed by atoms with E-state index in [2.05, 4.69) is 46.5 Å². The van der Waals surface area contributed by atoms with Gasteiger partial charge in [0.1, 0.15) is 0 Å². The van der Waals surface area contributed by atoms with Crippen LogP contribution in [0.25, 0.3) is 11.4 Å². The fourth-order valence-electron chi connectivity index (χ4n) is 2.64. The first-order chi connectivity index (χ1) is 13.1. The van der Waals surface area contributed by atoms with Crippen molar-refractivity contribution in [1.82, 2.24) is 19.7 Å². The molecule has 0 aliphatic rings. The van der Waals surface area contributed by atoms with E-state index in [1.54, 1.807) is 12.4 Å². The second-order valence-electron chi connectivity index (χ2n) is 6.38. The minimum atomic E-state index is -0.0674. The van der Waals surface area contributed by atoms with Gasteiger partial charge in [0.15, 0.2) is 11.0 Å². The third-order valence-electron chi connectivity index (χ3n) is 4.46. The SMILES string of the molecule is CC[C@H](C)c1ccc(NC(=O)CSc2nnc(-c3cccnc3)n2C)cc1. The lowest BCUT2D eigenvalue weighted by atomic mass is 9.99. The summed E-state index contributed by atoms with van der Waals surface area (Å²) in [6.45, 7) is 4.37. The number of nitrogens with zero attached hydrogens (tertiary/aromatic N) is 4. The molecule has 6 nitrogen and oxygen atoms in total. The second-order valence-corrected chi connectivity index (χ2v) is 7.32. The number of hydrogen-bond donors (Lipinski definition) is 1. The lowest BCUT2D eigenvalue weighted by Gasteiger charge is -2.10. The predicted molar refractivity (Wildman–Crippen MR) is 109 cm³/mol. The van der Waals surface area contributed by atoms with Crippen molar-refractivity contribution in [3.05, 3.63) is 54.4 Å².